The third kappa shape index (κ3) is 3.71. The third-order valence-corrected chi connectivity index (χ3v) is 7.71. The molecule has 0 aromatic heterocycles. The summed E-state index contributed by atoms with van der Waals surface area (Å²) in [7, 11) is -3.56. The molecule has 0 N–H and O–H groups in total. The number of piperidine rings is 1. The molecule has 2 fully saturated rings. The Labute approximate surface area is 167 Å². The predicted molar refractivity (Wildman–Crippen MR) is 108 cm³/mol. The second kappa shape index (κ2) is 8.05. The van der Waals surface area contributed by atoms with Crippen LogP contribution in [0.5, 0.6) is 0 Å². The number of rotatable bonds is 4. The maximum absolute atomic E-state index is 13.3. The summed E-state index contributed by atoms with van der Waals surface area (Å²) in [5.41, 5.74) is 1.16. The molecule has 2 aromatic rings. The summed E-state index contributed by atoms with van der Waals surface area (Å²) in [6.45, 7) is 1.50. The number of carbonyl (C=O) groups excluding carboxylic acids is 1. The fourth-order valence-electron chi connectivity index (χ4n) is 4.39. The zero-order valence-corrected chi connectivity index (χ0v) is 16.7. The first-order valence-electron chi connectivity index (χ1n) is 9.98. The predicted octanol–water partition coefficient (Wildman–Crippen LogP) is 3.45. The molecule has 148 valence electrons. The Kier molecular flexibility index (Phi) is 5.51. The molecule has 2 atom stereocenters. The van der Waals surface area contributed by atoms with Crippen LogP contribution in [0.15, 0.2) is 65.6 Å². The summed E-state index contributed by atoms with van der Waals surface area (Å²) in [4.78, 5) is 15.6. The number of benzene rings is 2. The maximum atomic E-state index is 13.3. The minimum Gasteiger partial charge on any atom is -0.335 e. The molecule has 2 aliphatic rings. The van der Waals surface area contributed by atoms with Crippen molar-refractivity contribution in [2.75, 3.05) is 19.6 Å². The van der Waals surface area contributed by atoms with E-state index in [0.717, 1.165) is 31.4 Å². The van der Waals surface area contributed by atoms with Crippen LogP contribution in [0, 0.1) is 5.92 Å². The lowest BCUT2D eigenvalue weighted by molar-refractivity contribution is -0.137. The second-order valence-electron chi connectivity index (χ2n) is 7.62. The molecule has 0 saturated carbocycles. The van der Waals surface area contributed by atoms with Crippen LogP contribution in [0.3, 0.4) is 0 Å². The van der Waals surface area contributed by atoms with E-state index in [9.17, 15) is 13.2 Å². The van der Waals surface area contributed by atoms with Gasteiger partial charge in [-0.05, 0) is 43.4 Å². The molecule has 0 bridgehead atoms. The number of nitrogens with zero attached hydrogens (tertiary/aromatic N) is 2. The van der Waals surface area contributed by atoms with Gasteiger partial charge in [0.05, 0.1) is 16.9 Å². The van der Waals surface area contributed by atoms with Gasteiger partial charge in [0.1, 0.15) is 0 Å². The van der Waals surface area contributed by atoms with Crippen molar-refractivity contribution in [1.82, 2.24) is 9.21 Å². The molecule has 2 aromatic carbocycles. The van der Waals surface area contributed by atoms with E-state index in [4.69, 9.17) is 0 Å². The monoisotopic (exact) mass is 398 g/mol. The molecule has 2 heterocycles. The molecule has 6 heteroatoms. The molecule has 4 rings (SSSR count). The van der Waals surface area contributed by atoms with Crippen molar-refractivity contribution in [2.24, 2.45) is 5.92 Å². The minimum absolute atomic E-state index is 0.0966. The smallest absolute Gasteiger partial charge is 0.243 e. The highest BCUT2D eigenvalue weighted by Crippen LogP contribution is 2.34. The van der Waals surface area contributed by atoms with Crippen molar-refractivity contribution < 1.29 is 13.2 Å². The number of likely N-dealkylation sites (tertiary alicyclic amines) is 1. The van der Waals surface area contributed by atoms with Gasteiger partial charge in [-0.3, -0.25) is 4.79 Å². The van der Waals surface area contributed by atoms with E-state index in [2.05, 4.69) is 12.1 Å². The molecule has 0 radical (unpaired) electrons. The van der Waals surface area contributed by atoms with Gasteiger partial charge in [0.15, 0.2) is 0 Å². The van der Waals surface area contributed by atoms with Crippen LogP contribution >= 0.6 is 0 Å². The molecule has 1 amide bonds. The number of amides is 1. The van der Waals surface area contributed by atoms with Gasteiger partial charge in [-0.15, -0.1) is 0 Å². The van der Waals surface area contributed by atoms with Gasteiger partial charge >= 0.3 is 0 Å². The van der Waals surface area contributed by atoms with Crippen LogP contribution in [0.2, 0.25) is 0 Å². The highest BCUT2D eigenvalue weighted by molar-refractivity contribution is 7.89. The normalized spacial score (nSPS) is 23.6. The van der Waals surface area contributed by atoms with E-state index in [1.54, 1.807) is 30.3 Å². The van der Waals surface area contributed by atoms with Gasteiger partial charge in [-0.1, -0.05) is 48.5 Å². The highest BCUT2D eigenvalue weighted by atomic mass is 32.2. The standard InChI is InChI=1S/C22H26N2O3S/c25-22(24-16-8-14-21(24)18-9-3-1-4-10-18)19-11-7-15-23(17-19)28(26,27)20-12-5-2-6-13-20/h1-6,9-10,12-13,19,21H,7-8,11,14-17H2. The molecule has 5 nitrogen and oxygen atoms in total. The molecule has 0 aliphatic carbocycles. The Morgan fingerprint density at radius 3 is 2.21 bits per heavy atom. The molecule has 0 spiro atoms. The fraction of sp³-hybridized carbons (Fsp3) is 0.409. The Morgan fingerprint density at radius 1 is 0.857 bits per heavy atom. The lowest BCUT2D eigenvalue weighted by Crippen LogP contribution is -2.46. The Hall–Kier alpha value is -2.18. The Bertz CT molecular complexity index is 915. The lowest BCUT2D eigenvalue weighted by Gasteiger charge is -2.35. The number of carbonyl (C=O) groups is 1. The highest BCUT2D eigenvalue weighted by Gasteiger charge is 2.38. The Balaban J connectivity index is 1.51. The van der Waals surface area contributed by atoms with Crippen LogP contribution in [-0.2, 0) is 14.8 Å². The van der Waals surface area contributed by atoms with Crippen molar-refractivity contribution in [3.05, 3.63) is 66.2 Å². The van der Waals surface area contributed by atoms with Gasteiger partial charge in [0.25, 0.3) is 0 Å². The number of hydrogen-bond acceptors (Lipinski definition) is 3. The summed E-state index contributed by atoms with van der Waals surface area (Å²) in [5, 5.41) is 0. The largest absolute Gasteiger partial charge is 0.335 e. The SMILES string of the molecule is O=C(C1CCCN(S(=O)(=O)c2ccccc2)C1)N1CCCC1c1ccccc1. The lowest BCUT2D eigenvalue weighted by atomic mass is 9.96. The van der Waals surface area contributed by atoms with Crippen LogP contribution in [0.1, 0.15) is 37.3 Å². The number of hydrogen-bond donors (Lipinski definition) is 0. The van der Waals surface area contributed by atoms with E-state index in [1.165, 1.54) is 4.31 Å². The van der Waals surface area contributed by atoms with Crippen LogP contribution in [0.25, 0.3) is 0 Å². The van der Waals surface area contributed by atoms with Gasteiger partial charge in [-0.2, -0.15) is 4.31 Å². The average molecular weight is 399 g/mol. The maximum Gasteiger partial charge on any atom is 0.243 e. The summed E-state index contributed by atoms with van der Waals surface area (Å²) in [5.74, 6) is -0.170. The third-order valence-electron chi connectivity index (χ3n) is 5.83. The summed E-state index contributed by atoms with van der Waals surface area (Å²) >= 11 is 0. The minimum atomic E-state index is -3.56. The first-order chi connectivity index (χ1) is 13.6. The molecular formula is C22H26N2O3S. The zero-order chi connectivity index (χ0) is 19.6. The van der Waals surface area contributed by atoms with Crippen LogP contribution in [-0.4, -0.2) is 43.2 Å². The summed E-state index contributed by atoms with van der Waals surface area (Å²) < 4.78 is 27.4. The van der Waals surface area contributed by atoms with Crippen molar-refractivity contribution in [1.29, 1.82) is 0 Å². The van der Waals surface area contributed by atoms with Crippen LogP contribution < -0.4 is 0 Å². The van der Waals surface area contributed by atoms with Crippen molar-refractivity contribution in [3.8, 4) is 0 Å². The summed E-state index contributed by atoms with van der Waals surface area (Å²) in [6.07, 6.45) is 3.42. The van der Waals surface area contributed by atoms with E-state index in [1.807, 2.05) is 23.1 Å². The zero-order valence-electron chi connectivity index (χ0n) is 15.9. The van der Waals surface area contributed by atoms with Gasteiger partial charge in [0, 0.05) is 19.6 Å². The van der Waals surface area contributed by atoms with Crippen molar-refractivity contribution in [3.63, 3.8) is 0 Å². The summed E-state index contributed by atoms with van der Waals surface area (Å²) in [6, 6.07) is 18.7. The van der Waals surface area contributed by atoms with Gasteiger partial charge in [-0.25, -0.2) is 8.42 Å². The Morgan fingerprint density at radius 2 is 1.50 bits per heavy atom. The van der Waals surface area contributed by atoms with Crippen molar-refractivity contribution in [2.45, 2.75) is 36.6 Å². The molecule has 2 unspecified atom stereocenters. The first kappa shape index (κ1) is 19.2. The quantitative estimate of drug-likeness (QED) is 0.793. The van der Waals surface area contributed by atoms with Gasteiger partial charge < -0.3 is 4.90 Å². The van der Waals surface area contributed by atoms with E-state index >= 15 is 0 Å². The second-order valence-corrected chi connectivity index (χ2v) is 9.55. The van der Waals surface area contributed by atoms with Crippen LogP contribution in [0.4, 0.5) is 0 Å². The fourth-order valence-corrected chi connectivity index (χ4v) is 5.94. The topological polar surface area (TPSA) is 57.7 Å². The van der Waals surface area contributed by atoms with Crippen molar-refractivity contribution >= 4 is 15.9 Å². The van der Waals surface area contributed by atoms with E-state index in [-0.39, 0.29) is 24.4 Å². The van der Waals surface area contributed by atoms with E-state index < -0.39 is 10.0 Å². The molecule has 2 aliphatic heterocycles. The molecular weight excluding hydrogens is 372 g/mol. The van der Waals surface area contributed by atoms with Gasteiger partial charge in [0.2, 0.25) is 15.9 Å². The first-order valence-corrected chi connectivity index (χ1v) is 11.4. The van der Waals surface area contributed by atoms with E-state index in [0.29, 0.717) is 17.9 Å². The average Bonchev–Trinajstić information content (AvgIpc) is 3.24. The number of sulfonamides is 1. The molecule has 2 saturated heterocycles. The molecule has 28 heavy (non-hydrogen) atoms.